The number of benzene rings is 2. The fourth-order valence-electron chi connectivity index (χ4n) is 2.84. The Kier molecular flexibility index (Phi) is 6.20. The number of nitrogens with one attached hydrogen (secondary N) is 1. The summed E-state index contributed by atoms with van der Waals surface area (Å²) in [6.45, 7) is 0. The van der Waals surface area contributed by atoms with Crippen LogP contribution in [0.4, 0.5) is 5.82 Å². The van der Waals surface area contributed by atoms with E-state index in [1.807, 2.05) is 0 Å². The number of hydrogen-bond acceptors (Lipinski definition) is 5. The van der Waals surface area contributed by atoms with Gasteiger partial charge in [0.05, 0.1) is 9.92 Å². The standard InChI is InChI=1S/C19H18ClN5O4S/c20-15-10-23-17(24-19(21)22)14-9-12(6-7-13(14)15)30(28,29)25-16(18(26)27)8-11-4-2-1-3-5-11/h1-7,9-10,16,25H,8H2,(H,26,27)(H4,21,22,23,24)/t16-/m0/s1. The summed E-state index contributed by atoms with van der Waals surface area (Å²) in [6.07, 6.45) is 1.33. The predicted octanol–water partition coefficient (Wildman–Crippen LogP) is 1.77. The highest BCUT2D eigenvalue weighted by atomic mass is 35.5. The van der Waals surface area contributed by atoms with Crippen LogP contribution < -0.4 is 16.2 Å². The molecule has 2 aromatic carbocycles. The van der Waals surface area contributed by atoms with Crippen LogP contribution in [0.15, 0.2) is 64.6 Å². The Morgan fingerprint density at radius 3 is 2.50 bits per heavy atom. The van der Waals surface area contributed by atoms with E-state index in [1.165, 1.54) is 24.4 Å². The Hall–Kier alpha value is -3.21. The Balaban J connectivity index is 2.00. The minimum atomic E-state index is -4.19. The lowest BCUT2D eigenvalue weighted by atomic mass is 10.1. The number of rotatable bonds is 7. The summed E-state index contributed by atoms with van der Waals surface area (Å²) in [5, 5.41) is 10.6. The quantitative estimate of drug-likeness (QED) is 0.317. The number of sulfonamides is 1. The second-order valence-electron chi connectivity index (χ2n) is 6.38. The van der Waals surface area contributed by atoms with Crippen LogP contribution in [0.2, 0.25) is 5.02 Å². The molecule has 9 nitrogen and oxygen atoms in total. The molecule has 0 aliphatic carbocycles. The van der Waals surface area contributed by atoms with Crippen molar-refractivity contribution in [2.75, 3.05) is 0 Å². The van der Waals surface area contributed by atoms with Gasteiger partial charge < -0.3 is 16.6 Å². The first-order valence-electron chi connectivity index (χ1n) is 8.64. The Morgan fingerprint density at radius 1 is 1.17 bits per heavy atom. The van der Waals surface area contributed by atoms with Crippen LogP contribution in [-0.4, -0.2) is 36.5 Å². The third-order valence-corrected chi connectivity index (χ3v) is 5.98. The number of aromatic nitrogens is 1. The molecule has 156 valence electrons. The first-order valence-corrected chi connectivity index (χ1v) is 10.5. The van der Waals surface area contributed by atoms with Crippen LogP contribution in [0.5, 0.6) is 0 Å². The average Bonchev–Trinajstić information content (AvgIpc) is 2.69. The molecule has 0 unspecified atom stereocenters. The van der Waals surface area contributed by atoms with Crippen molar-refractivity contribution >= 4 is 50.1 Å². The van der Waals surface area contributed by atoms with E-state index >= 15 is 0 Å². The van der Waals surface area contributed by atoms with Crippen molar-refractivity contribution in [3.8, 4) is 0 Å². The molecule has 0 fully saturated rings. The molecule has 30 heavy (non-hydrogen) atoms. The highest BCUT2D eigenvalue weighted by Gasteiger charge is 2.26. The number of carbonyl (C=O) groups is 1. The van der Waals surface area contributed by atoms with Crippen molar-refractivity contribution in [3.05, 3.63) is 65.3 Å². The topological polar surface area (TPSA) is 161 Å². The van der Waals surface area contributed by atoms with Crippen LogP contribution in [0.3, 0.4) is 0 Å². The van der Waals surface area contributed by atoms with E-state index in [1.54, 1.807) is 30.3 Å². The van der Waals surface area contributed by atoms with Gasteiger partial charge in [-0.3, -0.25) is 4.79 Å². The first-order chi connectivity index (χ1) is 14.2. The molecule has 3 rings (SSSR count). The van der Waals surface area contributed by atoms with Crippen molar-refractivity contribution < 1.29 is 18.3 Å². The van der Waals surface area contributed by atoms with Gasteiger partial charge >= 0.3 is 5.97 Å². The maximum atomic E-state index is 12.9. The molecule has 0 bridgehead atoms. The number of carboxylic acids is 1. The van der Waals surface area contributed by atoms with Gasteiger partial charge in [0.15, 0.2) is 11.8 Å². The van der Waals surface area contributed by atoms with E-state index in [4.69, 9.17) is 23.1 Å². The van der Waals surface area contributed by atoms with E-state index in [9.17, 15) is 18.3 Å². The minimum absolute atomic E-state index is 0.0182. The molecule has 6 N–H and O–H groups in total. The molecule has 11 heteroatoms. The van der Waals surface area contributed by atoms with Crippen LogP contribution in [0, 0.1) is 0 Å². The molecular weight excluding hydrogens is 430 g/mol. The third-order valence-electron chi connectivity index (χ3n) is 4.21. The van der Waals surface area contributed by atoms with Crippen LogP contribution in [0.1, 0.15) is 5.56 Å². The Bertz CT molecular complexity index is 1230. The maximum absolute atomic E-state index is 12.9. The second kappa shape index (κ2) is 8.66. The smallest absolute Gasteiger partial charge is 0.322 e. The molecular formula is C19H18ClN5O4S. The van der Waals surface area contributed by atoms with E-state index in [0.29, 0.717) is 16.3 Å². The van der Waals surface area contributed by atoms with E-state index in [-0.39, 0.29) is 28.1 Å². The first kappa shape index (κ1) is 21.5. The normalized spacial score (nSPS) is 12.4. The van der Waals surface area contributed by atoms with Gasteiger partial charge in [-0.1, -0.05) is 48.0 Å². The van der Waals surface area contributed by atoms with Crippen molar-refractivity contribution in [2.24, 2.45) is 16.5 Å². The van der Waals surface area contributed by atoms with Crippen molar-refractivity contribution in [3.63, 3.8) is 0 Å². The van der Waals surface area contributed by atoms with Gasteiger partial charge in [0.25, 0.3) is 0 Å². The SMILES string of the molecule is NC(N)=Nc1ncc(Cl)c2ccc(S(=O)(=O)N[C@@H](Cc3ccccc3)C(=O)O)cc12. The van der Waals surface area contributed by atoms with Crippen molar-refractivity contribution in [1.29, 1.82) is 0 Å². The maximum Gasteiger partial charge on any atom is 0.322 e. The van der Waals surface area contributed by atoms with E-state index in [2.05, 4.69) is 14.7 Å². The van der Waals surface area contributed by atoms with Crippen molar-refractivity contribution in [1.82, 2.24) is 9.71 Å². The van der Waals surface area contributed by atoms with Gasteiger partial charge in [0, 0.05) is 17.0 Å². The summed E-state index contributed by atoms with van der Waals surface area (Å²) in [6, 6.07) is 11.4. The molecule has 1 atom stereocenters. The second-order valence-corrected chi connectivity index (χ2v) is 8.50. The summed E-state index contributed by atoms with van der Waals surface area (Å²) in [7, 11) is -4.19. The molecule has 0 spiro atoms. The predicted molar refractivity (Wildman–Crippen MR) is 114 cm³/mol. The molecule has 1 heterocycles. The molecule has 0 aliphatic heterocycles. The zero-order valence-electron chi connectivity index (χ0n) is 15.5. The Labute approximate surface area is 177 Å². The number of guanidine groups is 1. The molecule has 0 radical (unpaired) electrons. The van der Waals surface area contributed by atoms with E-state index in [0.717, 1.165) is 0 Å². The Morgan fingerprint density at radius 2 is 1.87 bits per heavy atom. The van der Waals surface area contributed by atoms with Crippen LogP contribution in [-0.2, 0) is 21.2 Å². The number of nitrogens with two attached hydrogens (primary N) is 2. The number of aliphatic carboxylic acids is 1. The lowest BCUT2D eigenvalue weighted by molar-refractivity contribution is -0.138. The molecule has 0 aliphatic rings. The number of aliphatic imine (C=N–C) groups is 1. The van der Waals surface area contributed by atoms with Gasteiger partial charge in [-0.25, -0.2) is 13.4 Å². The monoisotopic (exact) mass is 447 g/mol. The highest BCUT2D eigenvalue weighted by Crippen LogP contribution is 2.31. The summed E-state index contributed by atoms with van der Waals surface area (Å²) in [4.78, 5) is 19.4. The number of halogens is 1. The number of pyridine rings is 1. The third kappa shape index (κ3) is 4.85. The van der Waals surface area contributed by atoms with E-state index < -0.39 is 22.0 Å². The summed E-state index contributed by atoms with van der Waals surface area (Å²) in [5.74, 6) is -1.47. The lowest BCUT2D eigenvalue weighted by Crippen LogP contribution is -2.42. The summed E-state index contributed by atoms with van der Waals surface area (Å²) < 4.78 is 28.0. The van der Waals surface area contributed by atoms with Gasteiger partial charge in [-0.2, -0.15) is 9.71 Å². The highest BCUT2D eigenvalue weighted by molar-refractivity contribution is 7.89. The van der Waals surface area contributed by atoms with Crippen molar-refractivity contribution in [2.45, 2.75) is 17.4 Å². The molecule has 0 saturated heterocycles. The molecule has 1 aromatic heterocycles. The largest absolute Gasteiger partial charge is 0.480 e. The number of fused-ring (bicyclic) bond motifs is 1. The fourth-order valence-corrected chi connectivity index (χ4v) is 4.27. The van der Waals surface area contributed by atoms with Gasteiger partial charge in [0.2, 0.25) is 10.0 Å². The van der Waals surface area contributed by atoms with Gasteiger partial charge in [0.1, 0.15) is 6.04 Å². The zero-order chi connectivity index (χ0) is 21.9. The average molecular weight is 448 g/mol. The molecule has 0 saturated carbocycles. The minimum Gasteiger partial charge on any atom is -0.480 e. The molecule has 3 aromatic rings. The van der Waals surface area contributed by atoms with Crippen LogP contribution in [0.25, 0.3) is 10.8 Å². The number of carboxylic acid groups (broad SMARTS) is 1. The summed E-state index contributed by atoms with van der Waals surface area (Å²) >= 11 is 6.13. The fraction of sp³-hybridized carbons (Fsp3) is 0.105. The summed E-state index contributed by atoms with van der Waals surface area (Å²) in [5.41, 5.74) is 11.5. The van der Waals surface area contributed by atoms with Gasteiger partial charge in [-0.15, -0.1) is 0 Å². The molecule has 0 amide bonds. The number of hydrogen-bond donors (Lipinski definition) is 4. The van der Waals surface area contributed by atoms with Crippen LogP contribution >= 0.6 is 11.6 Å². The van der Waals surface area contributed by atoms with Gasteiger partial charge in [-0.05, 0) is 24.1 Å². The lowest BCUT2D eigenvalue weighted by Gasteiger charge is -2.15. The zero-order valence-corrected chi connectivity index (χ0v) is 17.1. The number of nitrogens with zero attached hydrogens (tertiary/aromatic N) is 2.